The van der Waals surface area contributed by atoms with Crippen LogP contribution in [0.25, 0.3) is 0 Å². The highest BCUT2D eigenvalue weighted by molar-refractivity contribution is 7.89. The Hall–Kier alpha value is -2.38. The second-order valence-electron chi connectivity index (χ2n) is 5.06. The summed E-state index contributed by atoms with van der Waals surface area (Å²) in [7, 11) is -2.30. The van der Waals surface area contributed by atoms with Crippen molar-refractivity contribution in [2.24, 2.45) is 5.14 Å². The van der Waals surface area contributed by atoms with E-state index in [1.807, 2.05) is 12.1 Å². The Kier molecular flexibility index (Phi) is 5.02. The van der Waals surface area contributed by atoms with Crippen molar-refractivity contribution in [3.63, 3.8) is 0 Å². The van der Waals surface area contributed by atoms with E-state index in [1.165, 1.54) is 13.2 Å². The largest absolute Gasteiger partial charge is 0.496 e. The normalized spacial score (nSPS) is 11.1. The summed E-state index contributed by atoms with van der Waals surface area (Å²) in [5.74, 6) is 0.343. The number of rotatable bonds is 5. The molecule has 0 saturated carbocycles. The Morgan fingerprint density at radius 2 is 1.91 bits per heavy atom. The van der Waals surface area contributed by atoms with Crippen LogP contribution in [0.2, 0.25) is 0 Å². The molecule has 0 aromatic heterocycles. The van der Waals surface area contributed by atoms with Gasteiger partial charge in [-0.15, -0.1) is 0 Å². The summed E-state index contributed by atoms with van der Waals surface area (Å²) in [5, 5.41) is 7.83. The van der Waals surface area contributed by atoms with Gasteiger partial charge in [0.05, 0.1) is 18.4 Å². The number of benzene rings is 2. The van der Waals surface area contributed by atoms with Gasteiger partial charge in [-0.05, 0) is 30.7 Å². The van der Waals surface area contributed by atoms with Gasteiger partial charge in [0, 0.05) is 11.3 Å². The average molecular weight is 334 g/mol. The number of carbonyl (C=O) groups is 1. The van der Waals surface area contributed by atoms with Crippen LogP contribution in [-0.4, -0.2) is 21.4 Å². The molecule has 0 heterocycles. The highest BCUT2D eigenvalue weighted by Gasteiger charge is 2.14. The summed E-state index contributed by atoms with van der Waals surface area (Å²) in [6.45, 7) is 1.64. The molecule has 0 radical (unpaired) electrons. The Labute approximate surface area is 135 Å². The summed E-state index contributed by atoms with van der Waals surface area (Å²) in [4.78, 5) is 12.1. The van der Waals surface area contributed by atoms with Crippen LogP contribution in [0.15, 0.2) is 47.4 Å². The van der Waals surface area contributed by atoms with E-state index in [0.717, 1.165) is 5.56 Å². The highest BCUT2D eigenvalue weighted by Crippen LogP contribution is 2.21. The van der Waals surface area contributed by atoms with Crippen LogP contribution in [0.5, 0.6) is 5.75 Å². The summed E-state index contributed by atoms with van der Waals surface area (Å²) in [5.41, 5.74) is 1.64. The minimum Gasteiger partial charge on any atom is -0.496 e. The van der Waals surface area contributed by atoms with Crippen LogP contribution in [0.4, 0.5) is 5.69 Å². The third kappa shape index (κ3) is 4.30. The summed E-state index contributed by atoms with van der Waals surface area (Å²) >= 11 is 0. The van der Waals surface area contributed by atoms with Crippen LogP contribution in [0.1, 0.15) is 11.1 Å². The van der Waals surface area contributed by atoms with E-state index in [9.17, 15) is 13.2 Å². The number of para-hydroxylation sites is 1. The van der Waals surface area contributed by atoms with Gasteiger partial charge in [0.15, 0.2) is 0 Å². The molecule has 0 saturated heterocycles. The zero-order valence-corrected chi connectivity index (χ0v) is 13.7. The fourth-order valence-electron chi connectivity index (χ4n) is 2.21. The van der Waals surface area contributed by atoms with Crippen LogP contribution in [0, 0.1) is 6.92 Å². The van der Waals surface area contributed by atoms with Crippen LogP contribution in [-0.2, 0) is 21.2 Å². The lowest BCUT2D eigenvalue weighted by molar-refractivity contribution is -0.115. The fraction of sp³-hybridized carbons (Fsp3) is 0.188. The van der Waals surface area contributed by atoms with Gasteiger partial charge in [-0.1, -0.05) is 24.3 Å². The van der Waals surface area contributed by atoms with Crippen LogP contribution < -0.4 is 15.2 Å². The van der Waals surface area contributed by atoms with E-state index in [0.29, 0.717) is 17.0 Å². The molecule has 0 unspecified atom stereocenters. The molecular formula is C16H18N2O4S. The number of ether oxygens (including phenoxy) is 1. The number of aryl methyl sites for hydroxylation is 1. The molecule has 23 heavy (non-hydrogen) atoms. The molecule has 2 aromatic carbocycles. The first kappa shape index (κ1) is 17.0. The van der Waals surface area contributed by atoms with Gasteiger partial charge in [0.1, 0.15) is 5.75 Å². The first-order valence-electron chi connectivity index (χ1n) is 6.86. The van der Waals surface area contributed by atoms with Crippen molar-refractivity contribution in [3.8, 4) is 5.75 Å². The molecule has 0 aliphatic heterocycles. The minimum absolute atomic E-state index is 0.00686. The quantitative estimate of drug-likeness (QED) is 0.871. The van der Waals surface area contributed by atoms with Crippen molar-refractivity contribution in [1.82, 2.24) is 0 Å². The van der Waals surface area contributed by atoms with E-state index in [1.54, 1.807) is 31.2 Å². The number of primary sulfonamides is 1. The maximum atomic E-state index is 12.1. The molecule has 2 rings (SSSR count). The lowest BCUT2D eigenvalue weighted by atomic mass is 10.1. The SMILES string of the molecule is COc1ccccc1CC(=O)Nc1ccc(C)c(S(N)(=O)=O)c1. The number of hydrogen-bond donors (Lipinski definition) is 2. The van der Waals surface area contributed by atoms with Gasteiger partial charge in [-0.3, -0.25) is 4.79 Å². The van der Waals surface area contributed by atoms with Crippen molar-refractivity contribution in [2.75, 3.05) is 12.4 Å². The third-order valence-corrected chi connectivity index (χ3v) is 4.37. The zero-order valence-electron chi connectivity index (χ0n) is 12.9. The van der Waals surface area contributed by atoms with E-state index in [4.69, 9.17) is 9.88 Å². The van der Waals surface area contributed by atoms with Gasteiger partial charge >= 0.3 is 0 Å². The predicted molar refractivity (Wildman–Crippen MR) is 87.9 cm³/mol. The van der Waals surface area contributed by atoms with Crippen LogP contribution in [0.3, 0.4) is 0 Å². The molecule has 1 amide bonds. The number of nitrogens with two attached hydrogens (primary N) is 1. The molecule has 122 valence electrons. The Balaban J connectivity index is 2.18. The van der Waals surface area contributed by atoms with Crippen LogP contribution >= 0.6 is 0 Å². The molecule has 0 aliphatic rings. The van der Waals surface area contributed by atoms with Gasteiger partial charge in [-0.25, -0.2) is 13.6 Å². The Morgan fingerprint density at radius 1 is 1.22 bits per heavy atom. The number of amides is 1. The number of carbonyl (C=O) groups excluding carboxylic acids is 1. The van der Waals surface area contributed by atoms with Gasteiger partial charge in [0.25, 0.3) is 0 Å². The molecule has 0 aliphatic carbocycles. The highest BCUT2D eigenvalue weighted by atomic mass is 32.2. The zero-order chi connectivity index (χ0) is 17.0. The number of hydrogen-bond acceptors (Lipinski definition) is 4. The third-order valence-electron chi connectivity index (χ3n) is 3.32. The second kappa shape index (κ2) is 6.80. The predicted octanol–water partition coefficient (Wildman–Crippen LogP) is 1.83. The van der Waals surface area contributed by atoms with Crippen molar-refractivity contribution in [2.45, 2.75) is 18.2 Å². The molecule has 2 aromatic rings. The molecule has 3 N–H and O–H groups in total. The summed E-state index contributed by atoms with van der Waals surface area (Å²) < 4.78 is 28.2. The van der Waals surface area contributed by atoms with Gasteiger partial charge in [0.2, 0.25) is 15.9 Å². The molecule has 6 nitrogen and oxygen atoms in total. The minimum atomic E-state index is -3.83. The first-order valence-corrected chi connectivity index (χ1v) is 8.41. The number of anilines is 1. The Bertz CT molecular complexity index is 832. The summed E-state index contributed by atoms with van der Waals surface area (Å²) in [6, 6.07) is 11.8. The van der Waals surface area contributed by atoms with Crippen molar-refractivity contribution in [3.05, 3.63) is 53.6 Å². The maximum Gasteiger partial charge on any atom is 0.238 e. The fourth-order valence-corrected chi connectivity index (χ4v) is 3.02. The average Bonchev–Trinajstić information content (AvgIpc) is 2.48. The lowest BCUT2D eigenvalue weighted by Gasteiger charge is -2.10. The first-order chi connectivity index (χ1) is 10.8. The van der Waals surface area contributed by atoms with E-state index in [-0.39, 0.29) is 17.2 Å². The Morgan fingerprint density at radius 3 is 2.57 bits per heavy atom. The monoisotopic (exact) mass is 334 g/mol. The van der Waals surface area contributed by atoms with Crippen molar-refractivity contribution in [1.29, 1.82) is 0 Å². The van der Waals surface area contributed by atoms with E-state index in [2.05, 4.69) is 5.32 Å². The molecule has 0 bridgehead atoms. The molecule has 7 heteroatoms. The lowest BCUT2D eigenvalue weighted by Crippen LogP contribution is -2.17. The van der Waals surface area contributed by atoms with Crippen molar-refractivity contribution >= 4 is 21.6 Å². The molecule has 0 atom stereocenters. The number of nitrogens with one attached hydrogen (secondary N) is 1. The maximum absolute atomic E-state index is 12.1. The topological polar surface area (TPSA) is 98.5 Å². The van der Waals surface area contributed by atoms with Crippen molar-refractivity contribution < 1.29 is 17.9 Å². The summed E-state index contributed by atoms with van der Waals surface area (Å²) in [6.07, 6.45) is 0.114. The van der Waals surface area contributed by atoms with Gasteiger partial charge in [-0.2, -0.15) is 0 Å². The van der Waals surface area contributed by atoms with E-state index < -0.39 is 10.0 Å². The number of methoxy groups -OCH3 is 1. The smallest absolute Gasteiger partial charge is 0.238 e. The molecular weight excluding hydrogens is 316 g/mol. The molecule has 0 fully saturated rings. The standard InChI is InChI=1S/C16H18N2O4S/c1-11-7-8-13(10-15(11)23(17,20)21)18-16(19)9-12-5-3-4-6-14(12)22-2/h3-8,10H,9H2,1-2H3,(H,18,19)(H2,17,20,21). The molecule has 0 spiro atoms. The van der Waals surface area contributed by atoms with E-state index >= 15 is 0 Å². The van der Waals surface area contributed by atoms with Gasteiger partial charge < -0.3 is 10.1 Å². The number of sulfonamides is 1. The second-order valence-corrected chi connectivity index (χ2v) is 6.59.